The average molecular weight is 310 g/mol. The maximum atomic E-state index is 6.32. The predicted molar refractivity (Wildman–Crippen MR) is 74.5 cm³/mol. The molecule has 0 fully saturated rings. The molecular formula is C11H8Cl4N2. The molecule has 0 aromatic heterocycles. The summed E-state index contributed by atoms with van der Waals surface area (Å²) in [5, 5.41) is 5.47. The third-order valence-electron chi connectivity index (χ3n) is 2.19. The van der Waals surface area contributed by atoms with Gasteiger partial charge in [0.05, 0.1) is 15.1 Å². The first kappa shape index (κ1) is 12.9. The highest BCUT2D eigenvalue weighted by atomic mass is 35.5. The second-order valence-corrected chi connectivity index (χ2v) is 5.14. The van der Waals surface area contributed by atoms with E-state index < -0.39 is 5.12 Å². The number of anilines is 1. The van der Waals surface area contributed by atoms with Crippen molar-refractivity contribution in [3.8, 4) is 0 Å². The SMILES string of the molecule is ClC1=CNC(Cl)(Nc2ccccc2)C(Cl)=C1Cl. The molecule has 0 bridgehead atoms. The summed E-state index contributed by atoms with van der Waals surface area (Å²) in [4.78, 5) is 0. The summed E-state index contributed by atoms with van der Waals surface area (Å²) in [6, 6.07) is 9.40. The van der Waals surface area contributed by atoms with E-state index in [2.05, 4.69) is 10.6 Å². The molecule has 2 rings (SSSR count). The zero-order chi connectivity index (χ0) is 12.5. The number of dihydropyridines is 1. The van der Waals surface area contributed by atoms with E-state index in [1.54, 1.807) is 0 Å². The van der Waals surface area contributed by atoms with Crippen molar-refractivity contribution in [3.63, 3.8) is 0 Å². The highest BCUT2D eigenvalue weighted by Gasteiger charge is 2.35. The van der Waals surface area contributed by atoms with Crippen LogP contribution in [-0.2, 0) is 0 Å². The fourth-order valence-corrected chi connectivity index (χ4v) is 2.26. The molecule has 1 unspecified atom stereocenters. The molecule has 6 heteroatoms. The smallest absolute Gasteiger partial charge is 0.225 e. The summed E-state index contributed by atoms with van der Waals surface area (Å²) < 4.78 is 0. The maximum Gasteiger partial charge on any atom is 0.225 e. The van der Waals surface area contributed by atoms with Gasteiger partial charge in [0.1, 0.15) is 0 Å². The third-order valence-corrected chi connectivity index (χ3v) is 4.04. The molecule has 1 aliphatic rings. The van der Waals surface area contributed by atoms with Crippen molar-refractivity contribution in [1.29, 1.82) is 0 Å². The Kier molecular flexibility index (Phi) is 3.79. The van der Waals surface area contributed by atoms with Crippen molar-refractivity contribution >= 4 is 52.1 Å². The van der Waals surface area contributed by atoms with Gasteiger partial charge in [-0.15, -0.1) is 0 Å². The van der Waals surface area contributed by atoms with Crippen LogP contribution in [-0.4, -0.2) is 5.12 Å². The van der Waals surface area contributed by atoms with Crippen LogP contribution in [0.1, 0.15) is 0 Å². The van der Waals surface area contributed by atoms with E-state index in [9.17, 15) is 0 Å². The monoisotopic (exact) mass is 308 g/mol. The standard InChI is InChI=1S/C11H8Cl4N2/c12-8-6-16-11(15,10(14)9(8)13)17-7-4-2-1-3-5-7/h1-6,16-17H. The van der Waals surface area contributed by atoms with E-state index in [1.165, 1.54) is 6.20 Å². The molecule has 1 heterocycles. The molecule has 90 valence electrons. The van der Waals surface area contributed by atoms with Crippen molar-refractivity contribution in [3.05, 3.63) is 51.6 Å². The second-order valence-electron chi connectivity index (χ2n) is 3.41. The highest BCUT2D eigenvalue weighted by molar-refractivity contribution is 6.51. The summed E-state index contributed by atoms with van der Waals surface area (Å²) in [5.74, 6) is 0. The van der Waals surface area contributed by atoms with Gasteiger partial charge >= 0.3 is 0 Å². The van der Waals surface area contributed by atoms with Crippen molar-refractivity contribution in [2.75, 3.05) is 5.32 Å². The van der Waals surface area contributed by atoms with Crippen LogP contribution >= 0.6 is 46.4 Å². The van der Waals surface area contributed by atoms with Gasteiger partial charge in [0.2, 0.25) is 5.12 Å². The van der Waals surface area contributed by atoms with Crippen molar-refractivity contribution in [1.82, 2.24) is 5.32 Å². The number of hydrogen-bond acceptors (Lipinski definition) is 2. The lowest BCUT2D eigenvalue weighted by Crippen LogP contribution is -2.46. The Balaban J connectivity index is 2.28. The Morgan fingerprint density at radius 2 is 1.71 bits per heavy atom. The minimum atomic E-state index is -1.18. The molecule has 0 saturated carbocycles. The van der Waals surface area contributed by atoms with E-state index in [1.807, 2.05) is 30.3 Å². The van der Waals surface area contributed by atoms with Crippen LogP contribution in [0.15, 0.2) is 51.6 Å². The zero-order valence-corrected chi connectivity index (χ0v) is 11.5. The van der Waals surface area contributed by atoms with E-state index in [0.717, 1.165) is 5.69 Å². The molecule has 1 aromatic rings. The van der Waals surface area contributed by atoms with Crippen LogP contribution in [0.3, 0.4) is 0 Å². The van der Waals surface area contributed by atoms with Gasteiger partial charge in [-0.1, -0.05) is 64.6 Å². The topological polar surface area (TPSA) is 24.1 Å². The Labute approximate surface area is 119 Å². The van der Waals surface area contributed by atoms with Crippen LogP contribution in [0.4, 0.5) is 5.69 Å². The molecule has 17 heavy (non-hydrogen) atoms. The van der Waals surface area contributed by atoms with Gasteiger partial charge < -0.3 is 10.6 Å². The van der Waals surface area contributed by atoms with Crippen LogP contribution in [0.5, 0.6) is 0 Å². The van der Waals surface area contributed by atoms with Crippen LogP contribution in [0.2, 0.25) is 0 Å². The van der Waals surface area contributed by atoms with Gasteiger partial charge in [0.15, 0.2) is 0 Å². The molecule has 0 saturated heterocycles. The minimum absolute atomic E-state index is 0.206. The number of hydrogen-bond donors (Lipinski definition) is 2. The van der Waals surface area contributed by atoms with Crippen LogP contribution < -0.4 is 10.6 Å². The number of benzene rings is 1. The summed E-state index contributed by atoms with van der Waals surface area (Å²) in [5.41, 5.74) is 0.809. The number of allylic oxidation sites excluding steroid dienone is 2. The van der Waals surface area contributed by atoms with Gasteiger partial charge in [0.25, 0.3) is 0 Å². The molecule has 2 nitrogen and oxygen atoms in total. The Morgan fingerprint density at radius 3 is 2.35 bits per heavy atom. The molecule has 0 radical (unpaired) electrons. The quantitative estimate of drug-likeness (QED) is 0.626. The number of para-hydroxylation sites is 1. The molecule has 1 atom stereocenters. The number of nitrogens with one attached hydrogen (secondary N) is 2. The zero-order valence-electron chi connectivity index (χ0n) is 8.48. The van der Waals surface area contributed by atoms with Gasteiger partial charge in [-0.25, -0.2) is 0 Å². The Bertz CT molecular complexity index is 484. The maximum absolute atomic E-state index is 6.32. The van der Waals surface area contributed by atoms with Gasteiger partial charge in [0, 0.05) is 11.9 Å². The molecular weight excluding hydrogens is 302 g/mol. The molecule has 2 N–H and O–H groups in total. The van der Waals surface area contributed by atoms with Crippen LogP contribution in [0, 0.1) is 0 Å². The molecule has 0 amide bonds. The first-order chi connectivity index (χ1) is 8.03. The number of rotatable bonds is 2. The Hall–Kier alpha value is -0.540. The van der Waals surface area contributed by atoms with Gasteiger partial charge in [-0.3, -0.25) is 0 Å². The largest absolute Gasteiger partial charge is 0.350 e. The normalized spacial score (nSPS) is 24.1. The predicted octanol–water partition coefficient (Wildman–Crippen LogP) is 4.36. The fourth-order valence-electron chi connectivity index (χ4n) is 1.36. The van der Waals surface area contributed by atoms with Crippen LogP contribution in [0.25, 0.3) is 0 Å². The fraction of sp³-hybridized carbons (Fsp3) is 0.0909. The first-order valence-electron chi connectivity index (χ1n) is 4.74. The molecule has 1 aliphatic heterocycles. The molecule has 0 spiro atoms. The molecule has 0 aliphatic carbocycles. The second kappa shape index (κ2) is 4.99. The van der Waals surface area contributed by atoms with Crippen molar-refractivity contribution in [2.45, 2.75) is 5.12 Å². The average Bonchev–Trinajstić information content (AvgIpc) is 2.34. The van der Waals surface area contributed by atoms with Gasteiger partial charge in [-0.05, 0) is 12.1 Å². The lowest BCUT2D eigenvalue weighted by atomic mass is 10.2. The number of alkyl halides is 1. The lowest BCUT2D eigenvalue weighted by molar-refractivity contribution is 0.685. The van der Waals surface area contributed by atoms with Crippen molar-refractivity contribution in [2.24, 2.45) is 0 Å². The summed E-state index contributed by atoms with van der Waals surface area (Å²) in [6.07, 6.45) is 1.50. The highest BCUT2D eigenvalue weighted by Crippen LogP contribution is 2.38. The first-order valence-corrected chi connectivity index (χ1v) is 6.26. The van der Waals surface area contributed by atoms with E-state index in [0.29, 0.717) is 5.03 Å². The minimum Gasteiger partial charge on any atom is -0.350 e. The molecule has 1 aromatic carbocycles. The lowest BCUT2D eigenvalue weighted by Gasteiger charge is -2.32. The van der Waals surface area contributed by atoms with E-state index >= 15 is 0 Å². The number of halogens is 4. The summed E-state index contributed by atoms with van der Waals surface area (Å²) >= 11 is 24.2. The summed E-state index contributed by atoms with van der Waals surface area (Å²) in [6.45, 7) is 0. The Morgan fingerprint density at radius 1 is 1.06 bits per heavy atom. The van der Waals surface area contributed by atoms with Crippen molar-refractivity contribution < 1.29 is 0 Å². The van der Waals surface area contributed by atoms with E-state index in [4.69, 9.17) is 46.4 Å². The third kappa shape index (κ3) is 2.66. The summed E-state index contributed by atoms with van der Waals surface area (Å²) in [7, 11) is 0. The van der Waals surface area contributed by atoms with E-state index in [-0.39, 0.29) is 10.1 Å². The van der Waals surface area contributed by atoms with Gasteiger partial charge in [-0.2, -0.15) is 0 Å².